The van der Waals surface area contributed by atoms with Crippen LogP contribution in [0.3, 0.4) is 0 Å². The van der Waals surface area contributed by atoms with Crippen molar-refractivity contribution >= 4 is 59.5 Å². The van der Waals surface area contributed by atoms with Crippen LogP contribution in [0.5, 0.6) is 0 Å². The average Bonchev–Trinajstić information content (AvgIpc) is 3.89. The van der Waals surface area contributed by atoms with Crippen molar-refractivity contribution in [3.05, 3.63) is 52.1 Å². The topological polar surface area (TPSA) is 182 Å². The zero-order valence-electron chi connectivity index (χ0n) is 32.4. The maximum atomic E-state index is 14.9. The van der Waals surface area contributed by atoms with E-state index in [1.807, 2.05) is 12.1 Å². The molecule has 17 nitrogen and oxygen atoms in total. The van der Waals surface area contributed by atoms with Gasteiger partial charge in [0.15, 0.2) is 24.6 Å². The highest BCUT2D eigenvalue weighted by Crippen LogP contribution is 2.62. The lowest BCUT2D eigenvalue weighted by molar-refractivity contribution is -0.165. The molecule has 1 aliphatic heterocycles. The molecule has 5 aromatic rings. The number of rotatable bonds is 19. The summed E-state index contributed by atoms with van der Waals surface area (Å²) in [5.41, 5.74) is 2.24. The van der Waals surface area contributed by atoms with Crippen LogP contribution in [-0.2, 0) is 57.1 Å². The lowest BCUT2D eigenvalue weighted by atomic mass is 10.1. The molecule has 6 rings (SSSR count). The minimum absolute atomic E-state index is 0.0323. The van der Waals surface area contributed by atoms with Crippen molar-refractivity contribution in [2.75, 3.05) is 33.0 Å². The second-order valence-corrected chi connectivity index (χ2v) is 23.2. The number of aromatic nitrogens is 9. The molecule has 56 heavy (non-hydrogen) atoms. The van der Waals surface area contributed by atoms with Gasteiger partial charge in [-0.05, 0) is 81.6 Å². The zero-order chi connectivity index (χ0) is 40.1. The summed E-state index contributed by atoms with van der Waals surface area (Å²) >= 11 is 3.37. The lowest BCUT2D eigenvalue weighted by Gasteiger charge is -2.35. The van der Waals surface area contributed by atoms with Crippen molar-refractivity contribution in [2.45, 2.75) is 97.0 Å². The number of ether oxygens (including phenoxy) is 4. The van der Waals surface area contributed by atoms with Gasteiger partial charge >= 0.3 is 13.6 Å². The first-order valence-corrected chi connectivity index (χ1v) is 24.7. The van der Waals surface area contributed by atoms with Crippen LogP contribution in [0.25, 0.3) is 27.6 Å². The third-order valence-electron chi connectivity index (χ3n) is 9.09. The van der Waals surface area contributed by atoms with E-state index >= 15 is 0 Å². The van der Waals surface area contributed by atoms with Gasteiger partial charge in [0.1, 0.15) is 5.52 Å². The fourth-order valence-electron chi connectivity index (χ4n) is 6.33. The van der Waals surface area contributed by atoms with Gasteiger partial charge in [-0.3, -0.25) is 4.57 Å². The number of hydrogen-bond acceptors (Lipinski definition) is 14. The molecule has 304 valence electrons. The van der Waals surface area contributed by atoms with Gasteiger partial charge in [0, 0.05) is 31.1 Å². The van der Waals surface area contributed by atoms with Gasteiger partial charge in [-0.25, -0.2) is 18.5 Å². The third kappa shape index (κ3) is 9.12. The van der Waals surface area contributed by atoms with Crippen LogP contribution >= 0.6 is 23.5 Å². The summed E-state index contributed by atoms with van der Waals surface area (Å²) in [7, 11) is -5.81. The summed E-state index contributed by atoms with van der Waals surface area (Å²) in [6.07, 6.45) is 1.67. The lowest BCUT2D eigenvalue weighted by Crippen LogP contribution is -2.46. The molecule has 4 heterocycles. The van der Waals surface area contributed by atoms with Crippen molar-refractivity contribution < 1.29 is 41.7 Å². The van der Waals surface area contributed by atoms with E-state index in [0.717, 1.165) is 18.9 Å². The molecular formula is C35H48BrFN9O8PSi. The highest BCUT2D eigenvalue weighted by Gasteiger charge is 2.61. The van der Waals surface area contributed by atoms with Gasteiger partial charge in [-0.2, -0.15) is 5.10 Å². The van der Waals surface area contributed by atoms with Gasteiger partial charge < -0.3 is 28.0 Å². The molecule has 1 fully saturated rings. The molecule has 2 aromatic carbocycles. The number of carbonyl (C=O) groups excluding carboxylic acids is 1. The van der Waals surface area contributed by atoms with Crippen LogP contribution < -0.4 is 0 Å². The van der Waals surface area contributed by atoms with E-state index in [9.17, 15) is 13.8 Å². The van der Waals surface area contributed by atoms with Gasteiger partial charge in [0.2, 0.25) is 0 Å². The van der Waals surface area contributed by atoms with Crippen molar-refractivity contribution in [2.24, 2.45) is 0 Å². The molecule has 0 bridgehead atoms. The Morgan fingerprint density at radius 3 is 2.52 bits per heavy atom. The van der Waals surface area contributed by atoms with Crippen molar-refractivity contribution in [3.8, 4) is 5.69 Å². The van der Waals surface area contributed by atoms with Gasteiger partial charge in [-0.15, -0.1) is 20.1 Å². The standard InChI is InChI=1S/C35H48BrFN9O8PSi/c1-7-50-34(47)35(55(48,53-8-2)54-9-3,21-31-38-42-44(41-31)23-49-16-17-56(4,5)6)52-22-28-26-14-13-25(20-29(26)46(40-28)32-12-10-11-15-51-32)45-30-19-24(36)18-27(37)33(30)39-43-45/h13-14,18-20,32H,7-12,15-17,21-23H2,1-6H3. The number of halogens is 2. The van der Waals surface area contributed by atoms with E-state index < -0.39 is 45.4 Å². The molecule has 0 spiro atoms. The molecule has 2 atom stereocenters. The number of hydrogen-bond donors (Lipinski definition) is 0. The highest BCUT2D eigenvalue weighted by atomic mass is 79.9. The fourth-order valence-corrected chi connectivity index (χ4v) is 9.53. The predicted octanol–water partition coefficient (Wildman–Crippen LogP) is 6.95. The maximum Gasteiger partial charge on any atom is 0.374 e. The molecule has 2 unspecified atom stereocenters. The first-order chi connectivity index (χ1) is 26.8. The predicted molar refractivity (Wildman–Crippen MR) is 209 cm³/mol. The van der Waals surface area contributed by atoms with Crippen LogP contribution in [0.1, 0.15) is 57.8 Å². The number of esters is 1. The summed E-state index contributed by atoms with van der Waals surface area (Å²) in [4.78, 5) is 15.4. The largest absolute Gasteiger partial charge is 0.463 e. The molecule has 0 aliphatic carbocycles. The molecule has 0 amide bonds. The van der Waals surface area contributed by atoms with E-state index in [1.54, 1.807) is 42.3 Å². The van der Waals surface area contributed by atoms with Crippen molar-refractivity contribution in [1.29, 1.82) is 0 Å². The number of fused-ring (bicyclic) bond motifs is 2. The first kappa shape index (κ1) is 42.1. The summed E-state index contributed by atoms with van der Waals surface area (Å²) in [6, 6.07) is 9.50. The quantitative estimate of drug-likeness (QED) is 0.0359. The van der Waals surface area contributed by atoms with E-state index in [4.69, 9.17) is 33.1 Å². The number of nitrogens with zero attached hydrogens (tertiary/aromatic N) is 9. The Kier molecular flexibility index (Phi) is 13.5. The molecule has 0 radical (unpaired) electrons. The van der Waals surface area contributed by atoms with Crippen LogP contribution in [0.4, 0.5) is 4.39 Å². The molecule has 1 saturated heterocycles. The fraction of sp³-hybridized carbons (Fsp3) is 0.571. The zero-order valence-corrected chi connectivity index (χ0v) is 35.9. The highest BCUT2D eigenvalue weighted by molar-refractivity contribution is 9.10. The number of carbonyl (C=O) groups is 1. The molecule has 1 aliphatic rings. The monoisotopic (exact) mass is 879 g/mol. The molecule has 3 aromatic heterocycles. The molecule has 0 N–H and O–H groups in total. The minimum atomic E-state index is -4.49. The summed E-state index contributed by atoms with van der Waals surface area (Å²) in [6.45, 7) is 12.3. The van der Waals surface area contributed by atoms with Crippen molar-refractivity contribution in [1.82, 2.24) is 45.0 Å². The van der Waals surface area contributed by atoms with Crippen LogP contribution in [-0.4, -0.2) is 97.4 Å². The Labute approximate surface area is 333 Å². The van der Waals surface area contributed by atoms with E-state index in [0.29, 0.717) is 51.9 Å². The minimum Gasteiger partial charge on any atom is -0.463 e. The number of tetrazole rings is 1. The van der Waals surface area contributed by atoms with Crippen molar-refractivity contribution in [3.63, 3.8) is 0 Å². The molecule has 21 heteroatoms. The van der Waals surface area contributed by atoms with Crippen LogP contribution in [0.15, 0.2) is 34.8 Å². The first-order valence-electron chi connectivity index (χ1n) is 18.7. The van der Waals surface area contributed by atoms with Gasteiger partial charge in [0.25, 0.3) is 5.34 Å². The second kappa shape index (κ2) is 18.0. The SMILES string of the molecule is CCOC(=O)C(Cc1nnn(COCC[Si](C)(C)C)n1)(OCc1nn(C2CCCCO2)c2cc(-n3nnc4c(F)cc(Br)cc43)ccc12)P(=O)(OCC)OCC. The normalized spacial score (nSPS) is 16.5. The van der Waals surface area contributed by atoms with Crippen LogP contribution in [0.2, 0.25) is 25.7 Å². The maximum absolute atomic E-state index is 14.9. The van der Waals surface area contributed by atoms with E-state index in [2.05, 4.69) is 61.3 Å². The third-order valence-corrected chi connectivity index (χ3v) is 13.8. The Morgan fingerprint density at radius 2 is 1.82 bits per heavy atom. The Hall–Kier alpha value is -3.49. The molecule has 0 saturated carbocycles. The molecular weight excluding hydrogens is 832 g/mol. The Bertz CT molecular complexity index is 2180. The Balaban J connectivity index is 1.40. The summed E-state index contributed by atoms with van der Waals surface area (Å²) in [5.74, 6) is -1.46. The van der Waals surface area contributed by atoms with E-state index in [-0.39, 0.29) is 44.5 Å². The van der Waals surface area contributed by atoms with Gasteiger partial charge in [-0.1, -0.05) is 40.8 Å². The number of benzene rings is 2. The summed E-state index contributed by atoms with van der Waals surface area (Å²) < 4.78 is 69.1. The van der Waals surface area contributed by atoms with E-state index in [1.165, 1.54) is 10.9 Å². The Morgan fingerprint density at radius 1 is 1.04 bits per heavy atom. The second-order valence-electron chi connectivity index (χ2n) is 14.4. The van der Waals surface area contributed by atoms with Gasteiger partial charge in [0.05, 0.1) is 55.3 Å². The average molecular weight is 881 g/mol. The van der Waals surface area contributed by atoms with Crippen LogP contribution in [0, 0.1) is 5.82 Å². The summed E-state index contributed by atoms with van der Waals surface area (Å²) in [5, 5.41) is 24.2. The smallest absolute Gasteiger partial charge is 0.374 e.